The summed E-state index contributed by atoms with van der Waals surface area (Å²) in [4.78, 5) is 4.55. The van der Waals surface area contributed by atoms with Gasteiger partial charge in [-0.1, -0.05) is 6.07 Å². The van der Waals surface area contributed by atoms with E-state index in [4.69, 9.17) is 0 Å². The van der Waals surface area contributed by atoms with Gasteiger partial charge in [0.25, 0.3) is 0 Å². The molecule has 0 radical (unpaired) electrons. The highest BCUT2D eigenvalue weighted by Crippen LogP contribution is 2.38. The Morgan fingerprint density at radius 2 is 2.28 bits per heavy atom. The number of pyridine rings is 1. The number of thioether (sulfide) groups is 1. The molecule has 2 heterocycles. The summed E-state index contributed by atoms with van der Waals surface area (Å²) in [5, 5.41) is 10.7. The molecular weight excluding hydrogens is 242 g/mol. The Bertz CT molecular complexity index is 403. The molecule has 1 aromatic heterocycles. The maximum absolute atomic E-state index is 10.7. The summed E-state index contributed by atoms with van der Waals surface area (Å²) >= 11 is 2.00. The lowest BCUT2D eigenvalue weighted by atomic mass is 9.78. The van der Waals surface area contributed by atoms with Crippen LogP contribution >= 0.6 is 11.8 Å². The molecule has 1 aliphatic carbocycles. The Hall–Kier alpha value is -0.540. The van der Waals surface area contributed by atoms with Crippen molar-refractivity contribution >= 4 is 11.8 Å². The Morgan fingerprint density at radius 1 is 1.33 bits per heavy atom. The van der Waals surface area contributed by atoms with Gasteiger partial charge in [0.05, 0.1) is 6.10 Å². The first kappa shape index (κ1) is 12.5. The molecule has 3 unspecified atom stereocenters. The summed E-state index contributed by atoms with van der Waals surface area (Å²) in [6, 6.07) is 4.20. The molecule has 2 nitrogen and oxygen atoms in total. The highest BCUT2D eigenvalue weighted by atomic mass is 32.2. The topological polar surface area (TPSA) is 33.1 Å². The predicted octanol–water partition coefficient (Wildman–Crippen LogP) is 3.01. The fourth-order valence-corrected chi connectivity index (χ4v) is 4.55. The second-order valence-corrected chi connectivity index (χ2v) is 6.66. The first-order valence-electron chi connectivity index (χ1n) is 7.06. The molecule has 3 rings (SSSR count). The van der Waals surface area contributed by atoms with Gasteiger partial charge in [-0.3, -0.25) is 4.98 Å². The number of nitrogens with zero attached hydrogens (tertiary/aromatic N) is 1. The van der Waals surface area contributed by atoms with Gasteiger partial charge in [0.1, 0.15) is 0 Å². The molecule has 0 amide bonds. The fraction of sp³-hybridized carbons (Fsp3) is 0.667. The molecule has 1 N–H and O–H groups in total. The van der Waals surface area contributed by atoms with Crippen molar-refractivity contribution in [1.29, 1.82) is 0 Å². The van der Waals surface area contributed by atoms with Gasteiger partial charge in [-0.05, 0) is 61.2 Å². The van der Waals surface area contributed by atoms with Crippen molar-refractivity contribution < 1.29 is 5.11 Å². The van der Waals surface area contributed by atoms with Crippen LogP contribution in [0.25, 0.3) is 0 Å². The van der Waals surface area contributed by atoms with Crippen LogP contribution in [0.3, 0.4) is 0 Å². The predicted molar refractivity (Wildman–Crippen MR) is 76.0 cm³/mol. The van der Waals surface area contributed by atoms with Crippen LogP contribution < -0.4 is 0 Å². The lowest BCUT2D eigenvalue weighted by Gasteiger charge is -2.34. The van der Waals surface area contributed by atoms with E-state index >= 15 is 0 Å². The molecule has 1 saturated heterocycles. The van der Waals surface area contributed by atoms with Crippen molar-refractivity contribution in [2.24, 2.45) is 5.92 Å². The Labute approximate surface area is 113 Å². The van der Waals surface area contributed by atoms with E-state index in [-0.39, 0.29) is 12.0 Å². The number of fused-ring (bicyclic) bond motifs is 1. The molecule has 0 bridgehead atoms. The maximum atomic E-state index is 10.7. The largest absolute Gasteiger partial charge is 0.392 e. The van der Waals surface area contributed by atoms with Gasteiger partial charge in [-0.15, -0.1) is 0 Å². The van der Waals surface area contributed by atoms with E-state index in [1.54, 1.807) is 0 Å². The third-order valence-electron chi connectivity index (χ3n) is 4.33. The third kappa shape index (κ3) is 2.43. The van der Waals surface area contributed by atoms with Gasteiger partial charge < -0.3 is 5.11 Å². The lowest BCUT2D eigenvalue weighted by Crippen LogP contribution is -2.33. The summed E-state index contributed by atoms with van der Waals surface area (Å²) < 4.78 is 0. The third-order valence-corrected chi connectivity index (χ3v) is 5.57. The van der Waals surface area contributed by atoms with E-state index in [2.05, 4.69) is 11.1 Å². The molecule has 3 atom stereocenters. The van der Waals surface area contributed by atoms with Crippen LogP contribution in [0, 0.1) is 5.92 Å². The summed E-state index contributed by atoms with van der Waals surface area (Å²) in [6.45, 7) is 0. The SMILES string of the molecule is OC(C1CCCSC1)C1CCCc2cccnc21. The number of aromatic nitrogens is 1. The van der Waals surface area contributed by atoms with Crippen LogP contribution in [-0.2, 0) is 6.42 Å². The number of hydrogen-bond acceptors (Lipinski definition) is 3. The zero-order chi connectivity index (χ0) is 12.4. The second-order valence-electron chi connectivity index (χ2n) is 5.51. The van der Waals surface area contributed by atoms with Crippen molar-refractivity contribution in [3.8, 4) is 0 Å². The highest BCUT2D eigenvalue weighted by molar-refractivity contribution is 7.99. The lowest BCUT2D eigenvalue weighted by molar-refractivity contribution is 0.0767. The monoisotopic (exact) mass is 263 g/mol. The van der Waals surface area contributed by atoms with Crippen molar-refractivity contribution in [2.75, 3.05) is 11.5 Å². The van der Waals surface area contributed by atoms with Crippen LogP contribution in [0.1, 0.15) is 42.9 Å². The minimum Gasteiger partial charge on any atom is -0.392 e. The molecule has 0 saturated carbocycles. The first-order chi connectivity index (χ1) is 8.86. The number of aryl methyl sites for hydroxylation is 1. The number of hydrogen-bond donors (Lipinski definition) is 1. The van der Waals surface area contributed by atoms with Crippen molar-refractivity contribution in [1.82, 2.24) is 4.98 Å². The van der Waals surface area contributed by atoms with E-state index in [0.717, 1.165) is 18.6 Å². The molecule has 0 spiro atoms. The smallest absolute Gasteiger partial charge is 0.0659 e. The Kier molecular flexibility index (Phi) is 3.90. The van der Waals surface area contributed by atoms with E-state index in [9.17, 15) is 5.11 Å². The van der Waals surface area contributed by atoms with Gasteiger partial charge in [0, 0.05) is 17.8 Å². The fourth-order valence-electron chi connectivity index (χ4n) is 3.34. The van der Waals surface area contributed by atoms with E-state index in [1.807, 2.05) is 24.0 Å². The van der Waals surface area contributed by atoms with Gasteiger partial charge in [0.2, 0.25) is 0 Å². The number of rotatable bonds is 2. The standard InChI is InChI=1S/C15H21NOS/c17-15(12-6-3-9-18-10-12)13-7-1-4-11-5-2-8-16-14(11)13/h2,5,8,12-13,15,17H,1,3-4,6-7,9-10H2. The molecule has 1 aromatic rings. The van der Waals surface area contributed by atoms with Crippen molar-refractivity contribution in [3.63, 3.8) is 0 Å². The summed E-state index contributed by atoms with van der Waals surface area (Å²) in [7, 11) is 0. The number of aliphatic hydroxyl groups is 1. The molecule has 2 aliphatic rings. The summed E-state index contributed by atoms with van der Waals surface area (Å²) in [5.74, 6) is 3.14. The minimum atomic E-state index is -0.188. The average Bonchev–Trinajstić information content (AvgIpc) is 2.47. The van der Waals surface area contributed by atoms with Gasteiger partial charge in [0.15, 0.2) is 0 Å². The molecular formula is C15H21NOS. The van der Waals surface area contributed by atoms with Crippen LogP contribution in [0.4, 0.5) is 0 Å². The molecule has 1 fully saturated rings. The molecule has 3 heteroatoms. The Balaban J connectivity index is 1.80. The molecule has 1 aliphatic heterocycles. The van der Waals surface area contributed by atoms with Crippen molar-refractivity contribution in [3.05, 3.63) is 29.6 Å². The van der Waals surface area contributed by atoms with Crippen LogP contribution in [0.2, 0.25) is 0 Å². The van der Waals surface area contributed by atoms with E-state index in [1.165, 1.54) is 36.3 Å². The second kappa shape index (κ2) is 5.62. The van der Waals surface area contributed by atoms with Gasteiger partial charge in [-0.2, -0.15) is 11.8 Å². The molecule has 18 heavy (non-hydrogen) atoms. The summed E-state index contributed by atoms with van der Waals surface area (Å²) in [6.07, 6.45) is 7.56. The minimum absolute atomic E-state index is 0.188. The van der Waals surface area contributed by atoms with Gasteiger partial charge >= 0.3 is 0 Å². The Morgan fingerprint density at radius 3 is 3.11 bits per heavy atom. The quantitative estimate of drug-likeness (QED) is 0.890. The van der Waals surface area contributed by atoms with Crippen LogP contribution in [-0.4, -0.2) is 27.7 Å². The number of aliphatic hydroxyl groups excluding tert-OH is 1. The zero-order valence-corrected chi connectivity index (χ0v) is 11.5. The van der Waals surface area contributed by atoms with Crippen molar-refractivity contribution in [2.45, 2.75) is 44.1 Å². The van der Waals surface area contributed by atoms with Crippen LogP contribution in [0.5, 0.6) is 0 Å². The molecule has 98 valence electrons. The normalized spacial score (nSPS) is 29.6. The first-order valence-corrected chi connectivity index (χ1v) is 8.21. The zero-order valence-electron chi connectivity index (χ0n) is 10.7. The van der Waals surface area contributed by atoms with Crippen LogP contribution in [0.15, 0.2) is 18.3 Å². The average molecular weight is 263 g/mol. The van der Waals surface area contributed by atoms with Gasteiger partial charge in [-0.25, -0.2) is 0 Å². The maximum Gasteiger partial charge on any atom is 0.0659 e. The highest BCUT2D eigenvalue weighted by Gasteiger charge is 2.33. The summed E-state index contributed by atoms with van der Waals surface area (Å²) in [5.41, 5.74) is 2.53. The van der Waals surface area contributed by atoms with E-state index < -0.39 is 0 Å². The molecule has 0 aromatic carbocycles. The van der Waals surface area contributed by atoms with E-state index in [0.29, 0.717) is 5.92 Å².